The predicted octanol–water partition coefficient (Wildman–Crippen LogP) is -1.02. The molecule has 1 unspecified atom stereocenters. The Bertz CT molecular complexity index is 186. The molecule has 90 valence electrons. The van der Waals surface area contributed by atoms with E-state index in [0.29, 0.717) is 19.6 Å². The summed E-state index contributed by atoms with van der Waals surface area (Å²) in [6, 6.07) is 0. The predicted molar refractivity (Wildman–Crippen MR) is 60.7 cm³/mol. The van der Waals surface area contributed by atoms with Crippen molar-refractivity contribution in [2.24, 2.45) is 0 Å². The average Bonchev–Trinajstić information content (AvgIpc) is 2.15. The van der Waals surface area contributed by atoms with Crippen molar-refractivity contribution in [3.8, 4) is 0 Å². The number of hydrogen-bond donors (Lipinski definition) is 2. The van der Waals surface area contributed by atoms with Gasteiger partial charge in [-0.25, -0.2) is 0 Å². The molecule has 0 fully saturated rings. The first-order valence-electron chi connectivity index (χ1n) is 5.24. The summed E-state index contributed by atoms with van der Waals surface area (Å²) in [6.07, 6.45) is -0.431. The van der Waals surface area contributed by atoms with Crippen LogP contribution in [0.3, 0.4) is 0 Å². The van der Waals surface area contributed by atoms with Crippen molar-refractivity contribution in [1.82, 2.24) is 15.1 Å². The van der Waals surface area contributed by atoms with Crippen molar-refractivity contribution in [3.63, 3.8) is 0 Å². The van der Waals surface area contributed by atoms with Gasteiger partial charge in [0.05, 0.1) is 12.6 Å². The normalized spacial score (nSPS) is 12.9. The van der Waals surface area contributed by atoms with Crippen LogP contribution in [0.5, 0.6) is 0 Å². The SMILES string of the molecule is CCN(C)C(=O)CNCC(O)CN(C)C. The van der Waals surface area contributed by atoms with Crippen molar-refractivity contribution < 1.29 is 9.90 Å². The lowest BCUT2D eigenvalue weighted by molar-refractivity contribution is -0.128. The van der Waals surface area contributed by atoms with Crippen molar-refractivity contribution >= 4 is 5.91 Å². The Balaban J connectivity index is 3.57. The summed E-state index contributed by atoms with van der Waals surface area (Å²) >= 11 is 0. The third-order valence-corrected chi connectivity index (χ3v) is 2.13. The smallest absolute Gasteiger partial charge is 0.236 e. The maximum atomic E-state index is 11.3. The number of nitrogens with one attached hydrogen (secondary N) is 1. The fourth-order valence-electron chi connectivity index (χ4n) is 1.14. The number of likely N-dealkylation sites (N-methyl/N-ethyl adjacent to an activating group) is 2. The monoisotopic (exact) mass is 217 g/mol. The summed E-state index contributed by atoms with van der Waals surface area (Å²) < 4.78 is 0. The van der Waals surface area contributed by atoms with E-state index in [0.717, 1.165) is 0 Å². The van der Waals surface area contributed by atoms with Gasteiger partial charge in [0.2, 0.25) is 5.91 Å². The largest absolute Gasteiger partial charge is 0.390 e. The van der Waals surface area contributed by atoms with Gasteiger partial charge in [0.25, 0.3) is 0 Å². The first-order chi connectivity index (χ1) is 6.97. The summed E-state index contributed by atoms with van der Waals surface area (Å²) in [5.41, 5.74) is 0. The van der Waals surface area contributed by atoms with Crippen LogP contribution in [0, 0.1) is 0 Å². The molecule has 0 aliphatic carbocycles. The number of aliphatic hydroxyl groups is 1. The first kappa shape index (κ1) is 14.3. The molecule has 0 saturated carbocycles. The van der Waals surface area contributed by atoms with Gasteiger partial charge in [0.1, 0.15) is 0 Å². The van der Waals surface area contributed by atoms with Gasteiger partial charge in [0, 0.05) is 26.7 Å². The summed E-state index contributed by atoms with van der Waals surface area (Å²) in [5, 5.41) is 12.4. The van der Waals surface area contributed by atoms with E-state index in [9.17, 15) is 9.90 Å². The van der Waals surface area contributed by atoms with Gasteiger partial charge < -0.3 is 20.2 Å². The molecule has 0 saturated heterocycles. The number of rotatable bonds is 7. The van der Waals surface area contributed by atoms with E-state index in [-0.39, 0.29) is 12.5 Å². The van der Waals surface area contributed by atoms with Crippen molar-refractivity contribution in [2.45, 2.75) is 13.0 Å². The minimum atomic E-state index is -0.431. The molecule has 2 N–H and O–H groups in total. The number of nitrogens with zero attached hydrogens (tertiary/aromatic N) is 2. The summed E-state index contributed by atoms with van der Waals surface area (Å²) in [7, 11) is 5.57. The van der Waals surface area contributed by atoms with Crippen LogP contribution in [0.15, 0.2) is 0 Å². The molecule has 0 radical (unpaired) electrons. The molecular formula is C10H23N3O2. The maximum Gasteiger partial charge on any atom is 0.236 e. The summed E-state index contributed by atoms with van der Waals surface area (Å²) in [5.74, 6) is 0.0505. The summed E-state index contributed by atoms with van der Waals surface area (Å²) in [4.78, 5) is 14.9. The molecule has 0 aromatic heterocycles. The zero-order valence-electron chi connectivity index (χ0n) is 10.2. The Kier molecular flexibility index (Phi) is 7.29. The Morgan fingerprint density at radius 2 is 2.00 bits per heavy atom. The fourth-order valence-corrected chi connectivity index (χ4v) is 1.14. The highest BCUT2D eigenvalue weighted by Crippen LogP contribution is 1.85. The number of carbonyl (C=O) groups is 1. The zero-order valence-corrected chi connectivity index (χ0v) is 10.2. The van der Waals surface area contributed by atoms with Crippen LogP contribution in [-0.2, 0) is 4.79 Å². The molecule has 0 aromatic rings. The number of carbonyl (C=O) groups excluding carboxylic acids is 1. The van der Waals surface area contributed by atoms with Crippen molar-refractivity contribution in [1.29, 1.82) is 0 Å². The van der Waals surface area contributed by atoms with Crippen LogP contribution < -0.4 is 5.32 Å². The Morgan fingerprint density at radius 1 is 1.40 bits per heavy atom. The van der Waals surface area contributed by atoms with Crippen LogP contribution in [0.25, 0.3) is 0 Å². The molecule has 0 aromatic carbocycles. The highest BCUT2D eigenvalue weighted by molar-refractivity contribution is 5.77. The van der Waals surface area contributed by atoms with E-state index in [4.69, 9.17) is 0 Å². The Labute approximate surface area is 92.0 Å². The van der Waals surface area contributed by atoms with E-state index in [2.05, 4.69) is 5.32 Å². The number of hydrogen-bond acceptors (Lipinski definition) is 4. The molecule has 1 amide bonds. The van der Waals surface area contributed by atoms with Gasteiger partial charge in [-0.05, 0) is 21.0 Å². The lowest BCUT2D eigenvalue weighted by Gasteiger charge is -2.18. The van der Waals surface area contributed by atoms with E-state index in [1.807, 2.05) is 25.9 Å². The second kappa shape index (κ2) is 7.62. The minimum absolute atomic E-state index is 0.0505. The van der Waals surface area contributed by atoms with E-state index in [1.165, 1.54) is 0 Å². The van der Waals surface area contributed by atoms with Crippen LogP contribution in [-0.4, -0.2) is 74.2 Å². The van der Waals surface area contributed by atoms with Gasteiger partial charge >= 0.3 is 0 Å². The number of amides is 1. The first-order valence-corrected chi connectivity index (χ1v) is 5.24. The molecule has 5 heteroatoms. The standard InChI is InChI=1S/C10H23N3O2/c1-5-13(4)10(15)7-11-6-9(14)8-12(2)3/h9,11,14H,5-8H2,1-4H3. The molecule has 0 heterocycles. The molecule has 15 heavy (non-hydrogen) atoms. The topological polar surface area (TPSA) is 55.8 Å². The molecule has 0 aliphatic rings. The third kappa shape index (κ3) is 7.30. The lowest BCUT2D eigenvalue weighted by Crippen LogP contribution is -2.40. The maximum absolute atomic E-state index is 11.3. The average molecular weight is 217 g/mol. The Hall–Kier alpha value is -0.650. The van der Waals surface area contributed by atoms with Crippen molar-refractivity contribution in [3.05, 3.63) is 0 Å². The van der Waals surface area contributed by atoms with Crippen LogP contribution >= 0.6 is 0 Å². The van der Waals surface area contributed by atoms with Gasteiger partial charge in [-0.1, -0.05) is 0 Å². The minimum Gasteiger partial charge on any atom is -0.390 e. The molecule has 0 rings (SSSR count). The van der Waals surface area contributed by atoms with Gasteiger partial charge in [-0.3, -0.25) is 4.79 Å². The Morgan fingerprint density at radius 3 is 2.47 bits per heavy atom. The summed E-state index contributed by atoms with van der Waals surface area (Å²) in [6.45, 7) is 3.97. The highest BCUT2D eigenvalue weighted by Gasteiger charge is 2.08. The molecule has 5 nitrogen and oxygen atoms in total. The molecular weight excluding hydrogens is 194 g/mol. The molecule has 0 bridgehead atoms. The van der Waals surface area contributed by atoms with E-state index < -0.39 is 6.10 Å². The fraction of sp³-hybridized carbons (Fsp3) is 0.900. The quantitative estimate of drug-likeness (QED) is 0.573. The molecule has 0 spiro atoms. The van der Waals surface area contributed by atoms with Gasteiger partial charge in [0.15, 0.2) is 0 Å². The highest BCUT2D eigenvalue weighted by atomic mass is 16.3. The van der Waals surface area contributed by atoms with E-state index >= 15 is 0 Å². The van der Waals surface area contributed by atoms with Crippen molar-refractivity contribution in [2.75, 3.05) is 47.3 Å². The zero-order chi connectivity index (χ0) is 11.8. The van der Waals surface area contributed by atoms with Crippen LogP contribution in [0.2, 0.25) is 0 Å². The number of aliphatic hydroxyl groups excluding tert-OH is 1. The van der Waals surface area contributed by atoms with Gasteiger partial charge in [-0.2, -0.15) is 0 Å². The van der Waals surface area contributed by atoms with Crippen LogP contribution in [0.4, 0.5) is 0 Å². The van der Waals surface area contributed by atoms with Crippen LogP contribution in [0.1, 0.15) is 6.92 Å². The molecule has 1 atom stereocenters. The second-order valence-corrected chi connectivity index (χ2v) is 3.95. The third-order valence-electron chi connectivity index (χ3n) is 2.13. The molecule has 0 aliphatic heterocycles. The lowest BCUT2D eigenvalue weighted by atomic mass is 10.3. The van der Waals surface area contributed by atoms with Gasteiger partial charge in [-0.15, -0.1) is 0 Å². The van der Waals surface area contributed by atoms with E-state index in [1.54, 1.807) is 11.9 Å². The second-order valence-electron chi connectivity index (χ2n) is 3.95.